The van der Waals surface area contributed by atoms with E-state index < -0.39 is 5.91 Å². The second-order valence-corrected chi connectivity index (χ2v) is 5.86. The Bertz CT molecular complexity index is 774. The number of hydrogen-bond donors (Lipinski definition) is 3. The minimum Gasteiger partial charge on any atom is -0.496 e. The molecule has 132 valence electrons. The second kappa shape index (κ2) is 8.19. The minimum atomic E-state index is -0.494. The summed E-state index contributed by atoms with van der Waals surface area (Å²) in [6, 6.07) is 12.2. The van der Waals surface area contributed by atoms with Crippen LogP contribution in [0.3, 0.4) is 0 Å². The quantitative estimate of drug-likeness (QED) is 0.754. The van der Waals surface area contributed by atoms with Gasteiger partial charge < -0.3 is 21.1 Å². The number of benzene rings is 2. The Hall–Kier alpha value is -3.02. The number of methoxy groups -OCH3 is 1. The highest BCUT2D eigenvalue weighted by atomic mass is 16.5. The highest BCUT2D eigenvalue weighted by Crippen LogP contribution is 2.25. The molecule has 2 aromatic rings. The van der Waals surface area contributed by atoms with Crippen LogP contribution in [0, 0.1) is 6.92 Å². The summed E-state index contributed by atoms with van der Waals surface area (Å²) < 4.78 is 5.35. The van der Waals surface area contributed by atoms with Crippen LogP contribution in [-0.4, -0.2) is 19.0 Å². The van der Waals surface area contributed by atoms with Gasteiger partial charge in [0.25, 0.3) is 0 Å². The van der Waals surface area contributed by atoms with E-state index in [1.165, 1.54) is 0 Å². The van der Waals surface area contributed by atoms with Crippen LogP contribution in [0.5, 0.6) is 5.75 Å². The number of carbonyl (C=O) groups excluding carboxylic acids is 2. The number of amides is 3. The first-order chi connectivity index (χ1) is 11.9. The largest absolute Gasteiger partial charge is 0.496 e. The number of urea groups is 1. The van der Waals surface area contributed by atoms with E-state index in [4.69, 9.17) is 10.5 Å². The highest BCUT2D eigenvalue weighted by molar-refractivity contribution is 5.92. The molecule has 0 saturated heterocycles. The Morgan fingerprint density at radius 2 is 1.96 bits per heavy atom. The molecule has 3 amide bonds. The molecule has 6 heteroatoms. The summed E-state index contributed by atoms with van der Waals surface area (Å²) >= 11 is 0. The average molecular weight is 341 g/mol. The van der Waals surface area contributed by atoms with E-state index in [9.17, 15) is 9.59 Å². The lowest BCUT2D eigenvalue weighted by Gasteiger charge is -2.18. The van der Waals surface area contributed by atoms with E-state index in [0.29, 0.717) is 12.1 Å². The van der Waals surface area contributed by atoms with Crippen molar-refractivity contribution in [2.24, 2.45) is 5.73 Å². The fourth-order valence-electron chi connectivity index (χ4n) is 2.53. The zero-order valence-corrected chi connectivity index (χ0v) is 14.6. The van der Waals surface area contributed by atoms with Crippen LogP contribution in [0.4, 0.5) is 4.79 Å². The van der Waals surface area contributed by atoms with Gasteiger partial charge in [0.2, 0.25) is 5.91 Å². The van der Waals surface area contributed by atoms with Gasteiger partial charge in [-0.1, -0.05) is 29.8 Å². The summed E-state index contributed by atoms with van der Waals surface area (Å²) in [5.74, 6) is 0.235. The summed E-state index contributed by atoms with van der Waals surface area (Å²) in [6.07, 6.45) is 0. The normalized spacial score (nSPS) is 11.5. The summed E-state index contributed by atoms with van der Waals surface area (Å²) in [4.78, 5) is 23.3. The van der Waals surface area contributed by atoms with Gasteiger partial charge in [0.15, 0.2) is 0 Å². The average Bonchev–Trinajstić information content (AvgIpc) is 2.60. The maximum Gasteiger partial charge on any atom is 0.315 e. The second-order valence-electron chi connectivity index (χ2n) is 5.86. The Labute approximate surface area is 147 Å². The Morgan fingerprint density at radius 3 is 2.64 bits per heavy atom. The molecule has 0 heterocycles. The number of hydrogen-bond acceptors (Lipinski definition) is 3. The van der Waals surface area contributed by atoms with Crippen molar-refractivity contribution in [2.75, 3.05) is 7.11 Å². The lowest BCUT2D eigenvalue weighted by Crippen LogP contribution is -2.36. The molecule has 0 spiro atoms. The van der Waals surface area contributed by atoms with Crippen molar-refractivity contribution in [3.8, 4) is 5.75 Å². The standard InChI is InChI=1S/C19H23N3O3/c1-12-7-8-17(25-3)16(9-12)13(2)22-19(24)21-11-14-5-4-6-15(10-14)18(20)23/h4-10,13H,11H2,1-3H3,(H2,20,23)(H2,21,22,24). The molecule has 0 aromatic heterocycles. The fourth-order valence-corrected chi connectivity index (χ4v) is 2.53. The van der Waals surface area contributed by atoms with E-state index in [0.717, 1.165) is 22.4 Å². The summed E-state index contributed by atoms with van der Waals surface area (Å²) in [6.45, 7) is 4.18. The number of ether oxygens (including phenoxy) is 1. The van der Waals surface area contributed by atoms with Gasteiger partial charge in [-0.15, -0.1) is 0 Å². The number of carbonyl (C=O) groups is 2. The molecule has 6 nitrogen and oxygen atoms in total. The van der Waals surface area contributed by atoms with Gasteiger partial charge in [-0.2, -0.15) is 0 Å². The van der Waals surface area contributed by atoms with Crippen LogP contribution >= 0.6 is 0 Å². The van der Waals surface area contributed by atoms with Crippen LogP contribution in [0.2, 0.25) is 0 Å². The number of rotatable bonds is 6. The van der Waals surface area contributed by atoms with Crippen molar-refractivity contribution in [3.05, 3.63) is 64.7 Å². The number of nitrogens with one attached hydrogen (secondary N) is 2. The predicted octanol–water partition coefficient (Wildman–Crippen LogP) is 2.66. The van der Waals surface area contributed by atoms with E-state index in [1.807, 2.05) is 38.1 Å². The Kier molecular flexibility index (Phi) is 6.00. The van der Waals surface area contributed by atoms with E-state index in [2.05, 4.69) is 10.6 Å². The van der Waals surface area contributed by atoms with Crippen LogP contribution in [0.15, 0.2) is 42.5 Å². The maximum atomic E-state index is 12.1. The topological polar surface area (TPSA) is 93.4 Å². The molecule has 25 heavy (non-hydrogen) atoms. The van der Waals surface area contributed by atoms with Gasteiger partial charge >= 0.3 is 6.03 Å². The molecular formula is C19H23N3O3. The first kappa shape index (κ1) is 18.3. The van der Waals surface area contributed by atoms with Crippen LogP contribution in [0.1, 0.15) is 40.0 Å². The predicted molar refractivity (Wildman–Crippen MR) is 96.5 cm³/mol. The first-order valence-electron chi connectivity index (χ1n) is 7.98. The van der Waals surface area contributed by atoms with Gasteiger partial charge in [-0.25, -0.2) is 4.79 Å². The molecule has 0 aliphatic carbocycles. The van der Waals surface area contributed by atoms with Crippen LogP contribution in [-0.2, 0) is 6.54 Å². The van der Waals surface area contributed by atoms with Crippen LogP contribution < -0.4 is 21.1 Å². The van der Waals surface area contributed by atoms with Crippen LogP contribution in [0.25, 0.3) is 0 Å². The van der Waals surface area contributed by atoms with Crippen molar-refractivity contribution in [1.29, 1.82) is 0 Å². The van der Waals surface area contributed by atoms with Gasteiger partial charge in [0.1, 0.15) is 5.75 Å². The molecule has 1 atom stereocenters. The zero-order valence-electron chi connectivity index (χ0n) is 14.6. The van der Waals surface area contributed by atoms with E-state index in [-0.39, 0.29) is 12.1 Å². The molecule has 0 saturated carbocycles. The Balaban J connectivity index is 1.97. The molecule has 0 fully saturated rings. The SMILES string of the molecule is COc1ccc(C)cc1C(C)NC(=O)NCc1cccc(C(N)=O)c1. The summed E-state index contributed by atoms with van der Waals surface area (Å²) in [7, 11) is 1.60. The maximum absolute atomic E-state index is 12.1. The van der Waals surface area contributed by atoms with E-state index >= 15 is 0 Å². The first-order valence-corrected chi connectivity index (χ1v) is 7.98. The zero-order chi connectivity index (χ0) is 18.4. The third-order valence-corrected chi connectivity index (χ3v) is 3.86. The van der Waals surface area contributed by atoms with Crippen molar-refractivity contribution in [2.45, 2.75) is 26.4 Å². The van der Waals surface area contributed by atoms with Crippen molar-refractivity contribution in [3.63, 3.8) is 0 Å². The summed E-state index contributed by atoms with van der Waals surface area (Å²) in [5, 5.41) is 5.66. The minimum absolute atomic E-state index is 0.216. The summed E-state index contributed by atoms with van der Waals surface area (Å²) in [5.41, 5.74) is 8.47. The third-order valence-electron chi connectivity index (χ3n) is 3.86. The fraction of sp³-hybridized carbons (Fsp3) is 0.263. The molecule has 2 rings (SSSR count). The molecule has 4 N–H and O–H groups in total. The van der Waals surface area contributed by atoms with Crippen molar-refractivity contribution in [1.82, 2.24) is 10.6 Å². The van der Waals surface area contributed by atoms with Gasteiger partial charge in [-0.05, 0) is 37.6 Å². The van der Waals surface area contributed by atoms with Gasteiger partial charge in [-0.3, -0.25) is 4.79 Å². The Morgan fingerprint density at radius 1 is 1.20 bits per heavy atom. The highest BCUT2D eigenvalue weighted by Gasteiger charge is 2.14. The monoisotopic (exact) mass is 341 g/mol. The lowest BCUT2D eigenvalue weighted by molar-refractivity contribution is 0.1000. The van der Waals surface area contributed by atoms with E-state index in [1.54, 1.807) is 25.3 Å². The molecule has 2 aromatic carbocycles. The van der Waals surface area contributed by atoms with Crippen molar-refractivity contribution < 1.29 is 14.3 Å². The molecule has 0 bridgehead atoms. The lowest BCUT2D eigenvalue weighted by atomic mass is 10.0. The molecular weight excluding hydrogens is 318 g/mol. The number of nitrogens with two attached hydrogens (primary N) is 1. The molecule has 0 aliphatic heterocycles. The molecule has 1 unspecified atom stereocenters. The number of primary amides is 1. The third kappa shape index (κ3) is 4.97. The smallest absolute Gasteiger partial charge is 0.315 e. The van der Waals surface area contributed by atoms with Gasteiger partial charge in [0.05, 0.1) is 13.2 Å². The van der Waals surface area contributed by atoms with Gasteiger partial charge in [0, 0.05) is 17.7 Å². The molecule has 0 aliphatic rings. The van der Waals surface area contributed by atoms with Crippen molar-refractivity contribution >= 4 is 11.9 Å². The molecule has 0 radical (unpaired) electrons. The number of aryl methyl sites for hydroxylation is 1.